The maximum absolute atomic E-state index is 11.9. The number of aryl methyl sites for hydroxylation is 1. The van der Waals surface area contributed by atoms with Crippen LogP contribution in [0, 0.1) is 6.92 Å². The zero-order valence-electron chi connectivity index (χ0n) is 13.7. The van der Waals surface area contributed by atoms with Crippen LogP contribution in [-0.4, -0.2) is 43.3 Å². The van der Waals surface area contributed by atoms with Crippen molar-refractivity contribution in [2.24, 2.45) is 0 Å². The summed E-state index contributed by atoms with van der Waals surface area (Å²) in [5, 5.41) is -0.372. The van der Waals surface area contributed by atoms with Crippen molar-refractivity contribution < 1.29 is 22.7 Å². The average molecular weight is 403 g/mol. The van der Waals surface area contributed by atoms with E-state index in [9.17, 15) is 13.2 Å². The molecule has 0 aliphatic heterocycles. The zero-order chi connectivity index (χ0) is 18.4. The number of carbonyl (C=O) groups is 1. The number of sulfone groups is 1. The van der Waals surface area contributed by atoms with Gasteiger partial charge < -0.3 is 9.47 Å². The van der Waals surface area contributed by atoms with Gasteiger partial charge in [0.25, 0.3) is 5.16 Å². The van der Waals surface area contributed by atoms with E-state index in [1.54, 1.807) is 6.07 Å². The molecule has 0 spiro atoms. The number of nitrogens with zero attached hydrogens (tertiary/aromatic N) is 2. The third kappa shape index (κ3) is 3.63. The minimum atomic E-state index is -3.67. The Balaban J connectivity index is 2.06. The van der Waals surface area contributed by atoms with Crippen LogP contribution in [0.5, 0.6) is 5.88 Å². The number of esters is 1. The van der Waals surface area contributed by atoms with Crippen LogP contribution in [0.3, 0.4) is 0 Å². The largest absolute Gasteiger partial charge is 0.466 e. The Morgan fingerprint density at radius 1 is 1.32 bits per heavy atom. The molecule has 2 heterocycles. The number of methoxy groups -OCH3 is 1. The minimum Gasteiger partial charge on any atom is -0.466 e. The van der Waals surface area contributed by atoms with Crippen LogP contribution in [0.1, 0.15) is 18.4 Å². The number of carbonyl (C=O) groups excluding carboxylic acids is 1. The molecular weight excluding hydrogens is 388 g/mol. The van der Waals surface area contributed by atoms with Gasteiger partial charge in [-0.2, -0.15) is 4.98 Å². The standard InChI is InChI=1S/C15H15ClN2O5S2/c1-8-6-10(24-12(8)16)9-7-11(18-14(17-9)25(3,20)21)23-15(4-5-15)13(19)22-2/h6-7H,4-5H2,1-3H3. The fraction of sp³-hybridized carbons (Fsp3) is 0.400. The molecule has 0 unspecified atom stereocenters. The number of rotatable bonds is 5. The Kier molecular flexibility index (Phi) is 4.50. The van der Waals surface area contributed by atoms with Crippen molar-refractivity contribution in [1.29, 1.82) is 0 Å². The van der Waals surface area contributed by atoms with Gasteiger partial charge >= 0.3 is 5.97 Å². The highest BCUT2D eigenvalue weighted by atomic mass is 35.5. The van der Waals surface area contributed by atoms with Gasteiger partial charge in [-0.25, -0.2) is 18.2 Å². The third-order valence-corrected chi connectivity index (χ3v) is 6.11. The molecular formula is C15H15ClN2O5S2. The molecule has 1 saturated carbocycles. The van der Waals surface area contributed by atoms with E-state index in [4.69, 9.17) is 21.1 Å². The van der Waals surface area contributed by atoms with Gasteiger partial charge in [0.1, 0.15) is 0 Å². The van der Waals surface area contributed by atoms with Crippen molar-refractivity contribution >= 4 is 38.7 Å². The lowest BCUT2D eigenvalue weighted by Gasteiger charge is -2.15. The molecule has 2 aromatic rings. The summed E-state index contributed by atoms with van der Waals surface area (Å²) >= 11 is 7.36. The smallest absolute Gasteiger partial charge is 0.350 e. The third-order valence-electron chi connectivity index (χ3n) is 3.68. The Labute approximate surface area is 153 Å². The molecule has 0 radical (unpaired) electrons. The summed E-state index contributed by atoms with van der Waals surface area (Å²) in [7, 11) is -2.39. The number of aromatic nitrogens is 2. The first-order chi connectivity index (χ1) is 11.6. The fourth-order valence-corrected chi connectivity index (χ4v) is 3.86. The number of hydrogen-bond acceptors (Lipinski definition) is 8. The summed E-state index contributed by atoms with van der Waals surface area (Å²) in [5.41, 5.74) is 0.126. The first kappa shape index (κ1) is 18.1. The van der Waals surface area contributed by atoms with Gasteiger partial charge in [-0.15, -0.1) is 11.3 Å². The molecule has 25 heavy (non-hydrogen) atoms. The monoisotopic (exact) mass is 402 g/mol. The molecule has 1 fully saturated rings. The van der Waals surface area contributed by atoms with Crippen LogP contribution < -0.4 is 4.74 Å². The van der Waals surface area contributed by atoms with Crippen LogP contribution >= 0.6 is 22.9 Å². The molecule has 7 nitrogen and oxygen atoms in total. The van der Waals surface area contributed by atoms with Crippen LogP contribution in [0.4, 0.5) is 0 Å². The predicted octanol–water partition coefficient (Wildman–Crippen LogP) is 2.65. The Morgan fingerprint density at radius 2 is 2.00 bits per heavy atom. The summed E-state index contributed by atoms with van der Waals surface area (Å²) in [5.74, 6) is -0.501. The lowest BCUT2D eigenvalue weighted by atomic mass is 10.3. The summed E-state index contributed by atoms with van der Waals surface area (Å²) < 4.78 is 34.8. The molecule has 3 rings (SSSR count). The zero-order valence-corrected chi connectivity index (χ0v) is 16.1. The van der Waals surface area contributed by atoms with Gasteiger partial charge in [-0.1, -0.05) is 11.6 Å². The highest BCUT2D eigenvalue weighted by molar-refractivity contribution is 7.90. The lowest BCUT2D eigenvalue weighted by molar-refractivity contribution is -0.151. The van der Waals surface area contributed by atoms with E-state index in [2.05, 4.69) is 9.97 Å². The first-order valence-corrected chi connectivity index (χ1v) is 10.4. The normalized spacial score (nSPS) is 15.7. The maximum Gasteiger partial charge on any atom is 0.350 e. The molecule has 0 N–H and O–H groups in total. The van der Waals surface area contributed by atoms with Gasteiger partial charge in [0.15, 0.2) is 0 Å². The van der Waals surface area contributed by atoms with Gasteiger partial charge in [0, 0.05) is 25.2 Å². The second-order valence-electron chi connectivity index (χ2n) is 5.80. The van der Waals surface area contributed by atoms with Crippen molar-refractivity contribution in [3.63, 3.8) is 0 Å². The van der Waals surface area contributed by atoms with E-state index in [1.165, 1.54) is 24.5 Å². The first-order valence-electron chi connectivity index (χ1n) is 7.27. The van der Waals surface area contributed by atoms with Crippen molar-refractivity contribution in [2.45, 2.75) is 30.5 Å². The molecule has 0 amide bonds. The SMILES string of the molecule is COC(=O)C1(Oc2cc(-c3cc(C)c(Cl)s3)nc(S(C)(=O)=O)n2)CC1. The Morgan fingerprint density at radius 3 is 2.48 bits per heavy atom. The van der Waals surface area contributed by atoms with E-state index in [-0.39, 0.29) is 11.0 Å². The molecule has 134 valence electrons. The average Bonchev–Trinajstić information content (AvgIpc) is 3.24. The summed E-state index contributed by atoms with van der Waals surface area (Å²) in [6.45, 7) is 1.84. The molecule has 0 aromatic carbocycles. The van der Waals surface area contributed by atoms with E-state index in [0.717, 1.165) is 11.8 Å². The van der Waals surface area contributed by atoms with Crippen molar-refractivity contribution in [3.8, 4) is 16.5 Å². The summed E-state index contributed by atoms with van der Waals surface area (Å²) in [4.78, 5) is 20.6. The van der Waals surface area contributed by atoms with Crippen LogP contribution in [0.2, 0.25) is 4.34 Å². The van der Waals surface area contributed by atoms with Gasteiger partial charge in [0.2, 0.25) is 21.3 Å². The second-order valence-corrected chi connectivity index (χ2v) is 9.37. The summed E-state index contributed by atoms with van der Waals surface area (Å²) in [6, 6.07) is 3.30. The highest BCUT2D eigenvalue weighted by Gasteiger charge is 2.54. The molecule has 1 aliphatic carbocycles. The van der Waals surface area contributed by atoms with Crippen LogP contribution in [0.15, 0.2) is 17.3 Å². The van der Waals surface area contributed by atoms with Crippen molar-refractivity contribution in [3.05, 3.63) is 22.0 Å². The van der Waals surface area contributed by atoms with Crippen LogP contribution in [0.25, 0.3) is 10.6 Å². The summed E-state index contributed by atoms with van der Waals surface area (Å²) in [6.07, 6.45) is 1.98. The van der Waals surface area contributed by atoms with Crippen LogP contribution in [-0.2, 0) is 19.4 Å². The quantitative estimate of drug-likeness (QED) is 0.560. The van der Waals surface area contributed by atoms with Crippen molar-refractivity contribution in [2.75, 3.05) is 13.4 Å². The number of thiophene rings is 1. The van der Waals surface area contributed by atoms with Crippen molar-refractivity contribution in [1.82, 2.24) is 9.97 Å². The number of ether oxygens (including phenoxy) is 2. The molecule has 2 aromatic heterocycles. The molecule has 10 heteroatoms. The second kappa shape index (κ2) is 6.22. The highest BCUT2D eigenvalue weighted by Crippen LogP contribution is 2.42. The van der Waals surface area contributed by atoms with E-state index in [0.29, 0.717) is 27.7 Å². The Hall–Kier alpha value is -1.71. The molecule has 1 aliphatic rings. The molecule has 0 atom stereocenters. The molecule has 0 bridgehead atoms. The number of halogens is 1. The topological polar surface area (TPSA) is 95.5 Å². The van der Waals surface area contributed by atoms with E-state index >= 15 is 0 Å². The Bertz CT molecular complexity index is 931. The number of hydrogen-bond donors (Lipinski definition) is 0. The fourth-order valence-electron chi connectivity index (χ4n) is 2.18. The van der Waals surface area contributed by atoms with Gasteiger partial charge in [-0.05, 0) is 18.6 Å². The van der Waals surface area contributed by atoms with Gasteiger partial charge in [-0.3, -0.25) is 0 Å². The van der Waals surface area contributed by atoms with Gasteiger partial charge in [0.05, 0.1) is 22.0 Å². The lowest BCUT2D eigenvalue weighted by Crippen LogP contribution is -2.31. The van der Waals surface area contributed by atoms with E-state index in [1.807, 2.05) is 6.92 Å². The predicted molar refractivity (Wildman–Crippen MR) is 92.8 cm³/mol. The maximum atomic E-state index is 11.9. The minimum absolute atomic E-state index is 0.00972. The molecule has 0 saturated heterocycles. The van der Waals surface area contributed by atoms with E-state index < -0.39 is 21.4 Å².